The molecule has 1 N–H and O–H groups in total. The van der Waals surface area contributed by atoms with Crippen LogP contribution < -0.4 is 5.32 Å². The molecule has 0 saturated heterocycles. The lowest BCUT2D eigenvalue weighted by molar-refractivity contribution is 0.161. The minimum atomic E-state index is 0.104. The van der Waals surface area contributed by atoms with Gasteiger partial charge in [-0.3, -0.25) is 0 Å². The zero-order chi connectivity index (χ0) is 11.8. The first-order valence-electron chi connectivity index (χ1n) is 5.80. The van der Waals surface area contributed by atoms with Crippen LogP contribution in [0, 0.1) is 0 Å². The number of nitrogens with one attached hydrogen (secondary N) is 1. The second kappa shape index (κ2) is 4.14. The van der Waals surface area contributed by atoms with Crippen molar-refractivity contribution in [2.75, 3.05) is 20.6 Å². The number of hydrogen-bond acceptors (Lipinski definition) is 4. The van der Waals surface area contributed by atoms with Gasteiger partial charge in [0.1, 0.15) is 0 Å². The average molecular weight is 223 g/mol. The predicted octanol–water partition coefficient (Wildman–Crippen LogP) is 0.264. The summed E-state index contributed by atoms with van der Waals surface area (Å²) in [6.45, 7) is 7.23. The molecule has 1 aromatic heterocycles. The maximum absolute atomic E-state index is 4.27. The van der Waals surface area contributed by atoms with Crippen LogP contribution in [0.2, 0.25) is 0 Å². The zero-order valence-corrected chi connectivity index (χ0v) is 10.6. The van der Waals surface area contributed by atoms with E-state index in [2.05, 4.69) is 53.2 Å². The van der Waals surface area contributed by atoms with E-state index in [1.54, 1.807) is 0 Å². The summed E-state index contributed by atoms with van der Waals surface area (Å²) in [4.78, 5) is 2.22. The highest BCUT2D eigenvalue weighted by Crippen LogP contribution is 2.17. The van der Waals surface area contributed by atoms with E-state index >= 15 is 0 Å². The predicted molar refractivity (Wildman–Crippen MR) is 63.2 cm³/mol. The molecular formula is C11H21N5. The van der Waals surface area contributed by atoms with Gasteiger partial charge in [-0.1, -0.05) is 5.21 Å². The van der Waals surface area contributed by atoms with E-state index in [0.29, 0.717) is 0 Å². The molecule has 1 aromatic rings. The van der Waals surface area contributed by atoms with Crippen molar-refractivity contribution in [1.82, 2.24) is 25.2 Å². The van der Waals surface area contributed by atoms with Crippen molar-refractivity contribution >= 4 is 0 Å². The molecule has 0 unspecified atom stereocenters. The highest BCUT2D eigenvalue weighted by atomic mass is 15.4. The second-order valence-corrected chi connectivity index (χ2v) is 5.27. The molecule has 2 heterocycles. The van der Waals surface area contributed by atoms with Crippen LogP contribution in [0.4, 0.5) is 0 Å². The Labute approximate surface area is 96.8 Å². The van der Waals surface area contributed by atoms with Crippen molar-refractivity contribution < 1.29 is 0 Å². The third kappa shape index (κ3) is 2.10. The van der Waals surface area contributed by atoms with Gasteiger partial charge in [0.05, 0.1) is 17.9 Å². The maximum atomic E-state index is 4.27. The Bertz CT molecular complexity index is 366. The van der Waals surface area contributed by atoms with Gasteiger partial charge in [-0.25, -0.2) is 4.68 Å². The summed E-state index contributed by atoms with van der Waals surface area (Å²) in [6, 6.07) is 0. The molecule has 1 aliphatic heterocycles. The second-order valence-electron chi connectivity index (χ2n) is 5.27. The summed E-state index contributed by atoms with van der Waals surface area (Å²) in [5.41, 5.74) is 2.52. The zero-order valence-electron chi connectivity index (χ0n) is 10.6. The highest BCUT2D eigenvalue weighted by molar-refractivity contribution is 5.13. The molecule has 90 valence electrons. The van der Waals surface area contributed by atoms with Crippen LogP contribution in [0.15, 0.2) is 0 Å². The molecule has 0 bridgehead atoms. The number of hydrogen-bond donors (Lipinski definition) is 1. The Morgan fingerprint density at radius 3 is 2.88 bits per heavy atom. The first-order chi connectivity index (χ1) is 7.50. The molecule has 0 fully saturated rings. The van der Waals surface area contributed by atoms with E-state index in [0.717, 1.165) is 31.7 Å². The molecule has 1 aliphatic rings. The lowest BCUT2D eigenvalue weighted by Crippen LogP contribution is -2.43. The molecule has 0 atom stereocenters. The van der Waals surface area contributed by atoms with Crippen molar-refractivity contribution in [3.63, 3.8) is 0 Å². The van der Waals surface area contributed by atoms with Gasteiger partial charge in [-0.05, 0) is 27.9 Å². The van der Waals surface area contributed by atoms with E-state index in [4.69, 9.17) is 0 Å². The molecular weight excluding hydrogens is 202 g/mol. The Morgan fingerprint density at radius 1 is 1.44 bits per heavy atom. The smallest absolute Gasteiger partial charge is 0.0997 e. The van der Waals surface area contributed by atoms with Crippen molar-refractivity contribution in [3.8, 4) is 0 Å². The fourth-order valence-electron chi connectivity index (χ4n) is 1.83. The summed E-state index contributed by atoms with van der Waals surface area (Å²) in [5, 5.41) is 11.8. The summed E-state index contributed by atoms with van der Waals surface area (Å²) < 4.78 is 2.07. The Hall–Kier alpha value is -0.940. The SMILES string of the molecule is CN(C)C(C)(C)Cn1nnc2c1CCNC2. The van der Waals surface area contributed by atoms with Crippen LogP contribution in [-0.4, -0.2) is 46.1 Å². The monoisotopic (exact) mass is 223 g/mol. The van der Waals surface area contributed by atoms with Gasteiger partial charge in [-0.15, -0.1) is 5.10 Å². The minimum absolute atomic E-state index is 0.104. The number of aromatic nitrogens is 3. The molecule has 5 heteroatoms. The molecule has 0 spiro atoms. The first kappa shape index (κ1) is 11.5. The van der Waals surface area contributed by atoms with Crippen molar-refractivity contribution in [2.45, 2.75) is 38.9 Å². The normalized spacial score (nSPS) is 16.6. The Morgan fingerprint density at radius 2 is 2.19 bits per heavy atom. The van der Waals surface area contributed by atoms with Crippen molar-refractivity contribution in [3.05, 3.63) is 11.4 Å². The number of fused-ring (bicyclic) bond motifs is 1. The van der Waals surface area contributed by atoms with E-state index < -0.39 is 0 Å². The van der Waals surface area contributed by atoms with Gasteiger partial charge in [0, 0.05) is 25.0 Å². The van der Waals surface area contributed by atoms with Gasteiger partial charge in [0.2, 0.25) is 0 Å². The molecule has 0 aromatic carbocycles. The molecule has 16 heavy (non-hydrogen) atoms. The topological polar surface area (TPSA) is 46.0 Å². The van der Waals surface area contributed by atoms with Crippen molar-refractivity contribution in [2.24, 2.45) is 0 Å². The van der Waals surface area contributed by atoms with Gasteiger partial charge in [0.25, 0.3) is 0 Å². The van der Waals surface area contributed by atoms with Gasteiger partial charge in [-0.2, -0.15) is 0 Å². The summed E-state index contributed by atoms with van der Waals surface area (Å²) in [6.07, 6.45) is 1.03. The average Bonchev–Trinajstić information content (AvgIpc) is 2.61. The fourth-order valence-corrected chi connectivity index (χ4v) is 1.83. The molecule has 0 radical (unpaired) electrons. The fraction of sp³-hybridized carbons (Fsp3) is 0.818. The lowest BCUT2D eigenvalue weighted by atomic mass is 10.0. The molecule has 0 saturated carbocycles. The van der Waals surface area contributed by atoms with E-state index in [-0.39, 0.29) is 5.54 Å². The molecule has 2 rings (SSSR count). The number of rotatable bonds is 3. The maximum Gasteiger partial charge on any atom is 0.0997 e. The Kier molecular flexibility index (Phi) is 2.99. The molecule has 0 aliphatic carbocycles. The largest absolute Gasteiger partial charge is 0.311 e. The van der Waals surface area contributed by atoms with E-state index in [1.807, 2.05) is 0 Å². The van der Waals surface area contributed by atoms with Crippen LogP contribution in [0.25, 0.3) is 0 Å². The minimum Gasteiger partial charge on any atom is -0.311 e. The van der Waals surface area contributed by atoms with Crippen LogP contribution in [0.1, 0.15) is 25.2 Å². The summed E-state index contributed by atoms with van der Waals surface area (Å²) >= 11 is 0. The van der Waals surface area contributed by atoms with Crippen LogP contribution in [0.3, 0.4) is 0 Å². The highest BCUT2D eigenvalue weighted by Gasteiger charge is 2.25. The third-order valence-electron chi connectivity index (χ3n) is 3.50. The van der Waals surface area contributed by atoms with Crippen LogP contribution in [-0.2, 0) is 19.5 Å². The van der Waals surface area contributed by atoms with E-state index in [1.165, 1.54) is 5.69 Å². The van der Waals surface area contributed by atoms with Gasteiger partial charge < -0.3 is 10.2 Å². The molecule has 0 amide bonds. The number of likely N-dealkylation sites (N-methyl/N-ethyl adjacent to an activating group) is 1. The van der Waals surface area contributed by atoms with Gasteiger partial charge >= 0.3 is 0 Å². The third-order valence-corrected chi connectivity index (χ3v) is 3.50. The quantitative estimate of drug-likeness (QED) is 0.798. The molecule has 5 nitrogen and oxygen atoms in total. The number of nitrogens with zero attached hydrogens (tertiary/aromatic N) is 4. The summed E-state index contributed by atoms with van der Waals surface area (Å²) in [5.74, 6) is 0. The van der Waals surface area contributed by atoms with E-state index in [9.17, 15) is 0 Å². The van der Waals surface area contributed by atoms with Gasteiger partial charge in [0.15, 0.2) is 0 Å². The Balaban J connectivity index is 2.19. The lowest BCUT2D eigenvalue weighted by Gasteiger charge is -2.32. The van der Waals surface area contributed by atoms with Crippen molar-refractivity contribution in [1.29, 1.82) is 0 Å². The van der Waals surface area contributed by atoms with Crippen LogP contribution >= 0.6 is 0 Å². The first-order valence-corrected chi connectivity index (χ1v) is 5.80. The summed E-state index contributed by atoms with van der Waals surface area (Å²) in [7, 11) is 4.20. The standard InChI is InChI=1S/C11H21N5/c1-11(2,15(3)4)8-16-10-5-6-12-7-9(10)13-14-16/h12H,5-8H2,1-4H3. The van der Waals surface area contributed by atoms with Crippen LogP contribution in [0.5, 0.6) is 0 Å².